The summed E-state index contributed by atoms with van der Waals surface area (Å²) in [5, 5.41) is 6.36. The summed E-state index contributed by atoms with van der Waals surface area (Å²) in [6, 6.07) is 4.83. The van der Waals surface area contributed by atoms with Crippen LogP contribution in [0.25, 0.3) is 10.9 Å². The van der Waals surface area contributed by atoms with E-state index < -0.39 is 47.6 Å². The summed E-state index contributed by atoms with van der Waals surface area (Å²) in [6.07, 6.45) is 15.7. The Bertz CT molecular complexity index is 1770. The van der Waals surface area contributed by atoms with Crippen LogP contribution in [0.2, 0.25) is 0 Å². The number of hydrogen-bond acceptors (Lipinski definition) is 9. The van der Waals surface area contributed by atoms with Gasteiger partial charge in [-0.3, -0.25) is 14.4 Å². The van der Waals surface area contributed by atoms with E-state index in [1.54, 1.807) is 24.3 Å². The van der Waals surface area contributed by atoms with Gasteiger partial charge in [-0.25, -0.2) is 14.6 Å². The first-order valence-electron chi connectivity index (χ1n) is 17.7. The van der Waals surface area contributed by atoms with Crippen molar-refractivity contribution in [1.82, 2.24) is 20.5 Å². The van der Waals surface area contributed by atoms with Crippen LogP contribution in [0, 0.1) is 18.3 Å². The largest absolute Gasteiger partial charge is 0.488 e. The summed E-state index contributed by atoms with van der Waals surface area (Å²) >= 11 is 3.21. The summed E-state index contributed by atoms with van der Waals surface area (Å²) in [7, 11) is 1.28. The molecule has 2 saturated carbocycles. The van der Waals surface area contributed by atoms with Gasteiger partial charge in [-0.15, -0.1) is 6.42 Å². The Hall–Kier alpha value is -4.44. The Morgan fingerprint density at radius 3 is 2.65 bits per heavy atom. The first-order chi connectivity index (χ1) is 24.7. The number of allylic oxidation sites excluding steroid dienone is 1. The van der Waals surface area contributed by atoms with Crippen molar-refractivity contribution in [3.8, 4) is 18.1 Å². The van der Waals surface area contributed by atoms with Gasteiger partial charge in [0.2, 0.25) is 11.8 Å². The second kappa shape index (κ2) is 15.8. The fourth-order valence-electron chi connectivity index (χ4n) is 7.47. The number of carbonyl (C=O) groups excluding carboxylic acids is 5. The van der Waals surface area contributed by atoms with Crippen LogP contribution < -0.4 is 15.4 Å². The van der Waals surface area contributed by atoms with E-state index in [2.05, 4.69) is 37.5 Å². The van der Waals surface area contributed by atoms with E-state index in [1.165, 1.54) is 12.0 Å². The van der Waals surface area contributed by atoms with Crippen molar-refractivity contribution in [2.24, 2.45) is 5.92 Å². The number of alkyl halides is 1. The molecule has 5 atom stereocenters. The van der Waals surface area contributed by atoms with Crippen molar-refractivity contribution >= 4 is 56.5 Å². The standard InChI is InChI=1S/C38H43BrN4O8/c1-3-23-12-11-16-27-32(19-29(31(44)21-39)40-33(23)27)50-26-18-30-34(45)42-38(36(47)49-2)20-24(38)13-7-5-4-6-8-17-28(35(46)43(30)22-26)41-37(48)51-25-14-9-10-15-25/h1,7,11-13,16,19,24-26,28,30H,4-6,8-10,14-15,17-18,20-22H2,2H3,(H,41,48)(H,42,45)/b13-7-/t24?,26-,28+,30+,38-/m1/s1. The monoisotopic (exact) mass is 762 g/mol. The molecule has 1 unspecified atom stereocenters. The SMILES string of the molecule is C#Cc1cccc2c(O[C@@H]3C[C@H]4C(=O)N[C@]5(C(=O)OC)CC5/C=C\CCCCC[C@H](NC(=O)OC5CCCC5)C(=O)N4C3)cc(C(=O)CBr)nc12. The molecule has 2 N–H and O–H groups in total. The highest BCUT2D eigenvalue weighted by Crippen LogP contribution is 2.46. The van der Waals surface area contributed by atoms with E-state index in [-0.39, 0.29) is 41.8 Å². The summed E-state index contributed by atoms with van der Waals surface area (Å²) in [5.74, 6) is 0.902. The molecule has 1 aromatic carbocycles. The number of carbonyl (C=O) groups is 5. The van der Waals surface area contributed by atoms with Gasteiger partial charge in [0, 0.05) is 23.8 Å². The van der Waals surface area contributed by atoms with Crippen LogP contribution in [0.5, 0.6) is 5.75 Å². The molecule has 3 fully saturated rings. The van der Waals surface area contributed by atoms with Gasteiger partial charge in [0.05, 0.1) is 30.1 Å². The van der Waals surface area contributed by atoms with Crippen LogP contribution in [0.3, 0.4) is 0 Å². The lowest BCUT2D eigenvalue weighted by atomic mass is 10.0. The number of esters is 1. The maximum absolute atomic E-state index is 14.5. The third-order valence-corrected chi connectivity index (χ3v) is 10.8. The normalized spacial score (nSPS) is 27.5. The number of ether oxygens (including phenoxy) is 3. The highest BCUT2D eigenvalue weighted by molar-refractivity contribution is 9.09. The second-order valence-corrected chi connectivity index (χ2v) is 14.3. The molecule has 1 saturated heterocycles. The van der Waals surface area contributed by atoms with Crippen LogP contribution in [-0.2, 0) is 23.9 Å². The predicted molar refractivity (Wildman–Crippen MR) is 191 cm³/mol. The van der Waals surface area contributed by atoms with Gasteiger partial charge in [-0.1, -0.05) is 52.9 Å². The molecule has 1 aromatic heterocycles. The average molecular weight is 764 g/mol. The van der Waals surface area contributed by atoms with Gasteiger partial charge in [-0.2, -0.15) is 0 Å². The number of aromatic nitrogens is 1. The molecule has 13 heteroatoms. The van der Waals surface area contributed by atoms with Crippen molar-refractivity contribution in [3.63, 3.8) is 0 Å². The predicted octanol–water partition coefficient (Wildman–Crippen LogP) is 4.75. The number of pyridine rings is 1. The molecule has 51 heavy (non-hydrogen) atoms. The fourth-order valence-corrected chi connectivity index (χ4v) is 7.76. The summed E-state index contributed by atoms with van der Waals surface area (Å²) in [4.78, 5) is 73.5. The number of benzene rings is 1. The number of halogens is 1. The van der Waals surface area contributed by atoms with Crippen LogP contribution >= 0.6 is 15.9 Å². The maximum Gasteiger partial charge on any atom is 0.408 e. The Labute approximate surface area is 305 Å². The Morgan fingerprint density at radius 2 is 1.90 bits per heavy atom. The summed E-state index contributed by atoms with van der Waals surface area (Å²) in [5.41, 5.74) is -0.190. The zero-order valence-electron chi connectivity index (χ0n) is 28.7. The number of terminal acetylenes is 1. The molecular weight excluding hydrogens is 720 g/mol. The average Bonchev–Trinajstić information content (AvgIpc) is 3.41. The Balaban J connectivity index is 1.33. The number of fused-ring (bicyclic) bond motifs is 3. The van der Waals surface area contributed by atoms with Crippen LogP contribution in [-0.4, -0.2) is 88.4 Å². The minimum Gasteiger partial charge on any atom is -0.488 e. The second-order valence-electron chi connectivity index (χ2n) is 13.7. The van der Waals surface area contributed by atoms with Crippen molar-refractivity contribution in [2.45, 2.75) is 100 Å². The maximum atomic E-state index is 14.5. The molecule has 270 valence electrons. The van der Waals surface area contributed by atoms with Crippen molar-refractivity contribution in [3.05, 3.63) is 47.7 Å². The third kappa shape index (κ3) is 7.91. The Morgan fingerprint density at radius 1 is 1.12 bits per heavy atom. The van der Waals surface area contributed by atoms with E-state index in [0.717, 1.165) is 44.9 Å². The zero-order chi connectivity index (χ0) is 36.1. The summed E-state index contributed by atoms with van der Waals surface area (Å²) < 4.78 is 17.3. The molecule has 0 radical (unpaired) electrons. The first-order valence-corrected chi connectivity index (χ1v) is 18.8. The number of Topliss-reactive ketones (excluding diaryl/α,β-unsaturated/α-hetero) is 1. The highest BCUT2D eigenvalue weighted by Gasteiger charge is 2.62. The van der Waals surface area contributed by atoms with Crippen molar-refractivity contribution in [2.75, 3.05) is 19.0 Å². The first kappa shape index (κ1) is 36.4. The molecule has 3 amide bonds. The van der Waals surface area contributed by atoms with Crippen LogP contribution in [0.4, 0.5) is 4.79 Å². The van der Waals surface area contributed by atoms with E-state index >= 15 is 0 Å². The van der Waals surface area contributed by atoms with Gasteiger partial charge in [0.15, 0.2) is 5.78 Å². The molecule has 3 heterocycles. The molecule has 2 aromatic rings. The minimum absolute atomic E-state index is 0.00168. The number of nitrogens with one attached hydrogen (secondary N) is 2. The number of methoxy groups -OCH3 is 1. The molecular formula is C38H43BrN4O8. The number of alkyl carbamates (subject to hydrolysis) is 1. The van der Waals surface area contributed by atoms with Gasteiger partial charge in [-0.05, 0) is 63.5 Å². The van der Waals surface area contributed by atoms with E-state index in [1.807, 2.05) is 12.2 Å². The number of hydrogen-bond donors (Lipinski definition) is 2. The number of ketones is 1. The Kier molecular flexibility index (Phi) is 11.3. The molecule has 2 aliphatic heterocycles. The lowest BCUT2D eigenvalue weighted by Gasteiger charge is -2.29. The molecule has 0 spiro atoms. The lowest BCUT2D eigenvalue weighted by Crippen LogP contribution is -2.56. The number of rotatable bonds is 7. The number of amides is 3. The van der Waals surface area contributed by atoms with Crippen molar-refractivity contribution in [1.29, 1.82) is 0 Å². The van der Waals surface area contributed by atoms with Crippen LogP contribution in [0.15, 0.2) is 36.4 Å². The minimum atomic E-state index is -1.24. The van der Waals surface area contributed by atoms with Gasteiger partial charge in [0.25, 0.3) is 0 Å². The smallest absolute Gasteiger partial charge is 0.408 e. The number of para-hydroxylation sites is 1. The number of nitrogens with zero attached hydrogens (tertiary/aromatic N) is 2. The van der Waals surface area contributed by atoms with Gasteiger partial charge in [0.1, 0.15) is 41.3 Å². The molecule has 12 nitrogen and oxygen atoms in total. The van der Waals surface area contributed by atoms with Crippen molar-refractivity contribution < 1.29 is 38.2 Å². The van der Waals surface area contributed by atoms with E-state index in [9.17, 15) is 24.0 Å². The molecule has 4 aliphatic rings. The van der Waals surface area contributed by atoms with E-state index in [4.69, 9.17) is 20.6 Å². The van der Waals surface area contributed by atoms with Crippen LogP contribution in [0.1, 0.15) is 86.7 Å². The molecule has 6 rings (SSSR count). The lowest BCUT2D eigenvalue weighted by molar-refractivity contribution is -0.148. The molecule has 0 bridgehead atoms. The van der Waals surface area contributed by atoms with Gasteiger partial charge < -0.3 is 29.7 Å². The summed E-state index contributed by atoms with van der Waals surface area (Å²) in [6.45, 7) is 0.00168. The van der Waals surface area contributed by atoms with Gasteiger partial charge >= 0.3 is 12.1 Å². The zero-order valence-corrected chi connectivity index (χ0v) is 30.2. The quantitative estimate of drug-likeness (QED) is 0.134. The highest BCUT2D eigenvalue weighted by atomic mass is 79.9. The molecule has 2 aliphatic carbocycles. The third-order valence-electron chi connectivity index (χ3n) is 10.3. The fraction of sp³-hybridized carbons (Fsp3) is 0.526. The van der Waals surface area contributed by atoms with E-state index in [0.29, 0.717) is 41.5 Å². The topological polar surface area (TPSA) is 153 Å².